The van der Waals surface area contributed by atoms with E-state index in [-0.39, 0.29) is 30.5 Å². The number of alkyl carbamates (subject to hydrolysis) is 1. The zero-order valence-corrected chi connectivity index (χ0v) is 29.3. The first-order valence-corrected chi connectivity index (χ1v) is 17.4. The highest BCUT2D eigenvalue weighted by molar-refractivity contribution is 5.94. The van der Waals surface area contributed by atoms with E-state index >= 15 is 0 Å². The molecule has 2 aliphatic carbocycles. The molecule has 2 saturated carbocycles. The van der Waals surface area contributed by atoms with E-state index in [1.807, 2.05) is 47.1 Å². The van der Waals surface area contributed by atoms with Gasteiger partial charge in [0.1, 0.15) is 17.7 Å². The van der Waals surface area contributed by atoms with Crippen LogP contribution in [0.3, 0.4) is 0 Å². The monoisotopic (exact) mass is 660 g/mol. The molecule has 2 amide bonds. The number of nitrogens with one attached hydrogen (secondary N) is 1. The zero-order valence-electron chi connectivity index (χ0n) is 29.3. The molecule has 0 atom stereocenters. The summed E-state index contributed by atoms with van der Waals surface area (Å²) in [6.07, 6.45) is 11.4. The maximum atomic E-state index is 14.3. The molecule has 3 aromatic rings. The number of ether oxygens (including phenoxy) is 2. The first kappa shape index (κ1) is 35.3. The third-order valence-electron chi connectivity index (χ3n) is 9.70. The average Bonchev–Trinajstić information content (AvgIpc) is 3.58. The third-order valence-corrected chi connectivity index (χ3v) is 9.70. The number of aryl methyl sites for hydroxylation is 1. The molecule has 0 saturated heterocycles. The van der Waals surface area contributed by atoms with Gasteiger partial charge in [0.15, 0.2) is 0 Å². The Kier molecular flexibility index (Phi) is 11.4. The molecular formula is C37H52N6O5. The molecule has 0 bridgehead atoms. The van der Waals surface area contributed by atoms with Gasteiger partial charge < -0.3 is 19.9 Å². The maximum absolute atomic E-state index is 14.3. The van der Waals surface area contributed by atoms with Crippen molar-refractivity contribution in [1.82, 2.24) is 25.1 Å². The number of aromatic nitrogens is 4. The van der Waals surface area contributed by atoms with Crippen LogP contribution < -0.4 is 15.0 Å². The Hall–Kier alpha value is -3.99. The fourth-order valence-corrected chi connectivity index (χ4v) is 6.85. The van der Waals surface area contributed by atoms with E-state index in [0.717, 1.165) is 53.9 Å². The Bertz CT molecular complexity index is 1530. The highest BCUT2D eigenvalue weighted by atomic mass is 16.6. The number of hydrogen-bond donors (Lipinski definition) is 2. The normalized spacial score (nSPS) is 21.5. The third kappa shape index (κ3) is 9.12. The summed E-state index contributed by atoms with van der Waals surface area (Å²) in [7, 11) is 1.67. The second-order valence-electron chi connectivity index (χ2n) is 14.4. The van der Waals surface area contributed by atoms with Crippen LogP contribution in [0.25, 0.3) is 11.1 Å². The zero-order chi connectivity index (χ0) is 34.4. The predicted octanol–water partition coefficient (Wildman–Crippen LogP) is 6.60. The second-order valence-corrected chi connectivity index (χ2v) is 14.4. The standard InChI is InChI=1S/C37H52N6O5/c1-24(2)43-22-30(20-40-43)29-17-18-38-34(19-29)42(21-26-7-9-27(10-8-26)32-15-16-33(47-6)25(3)41-32)35(44)28-11-13-31(14-12-28)48-36(45)39-23-37(4,5)46/h15-20,22,24,26-28,31,46H,7-14,21,23H2,1-6H3,(H,39,45)/t26-,27-,28-,31-. The molecule has 0 aliphatic heterocycles. The Morgan fingerprint density at radius 2 is 1.79 bits per heavy atom. The van der Waals surface area contributed by atoms with Gasteiger partial charge in [0.2, 0.25) is 5.91 Å². The second kappa shape index (κ2) is 15.5. The highest BCUT2D eigenvalue weighted by Gasteiger charge is 2.34. The summed E-state index contributed by atoms with van der Waals surface area (Å²) < 4.78 is 13.0. The van der Waals surface area contributed by atoms with Gasteiger partial charge in [0.25, 0.3) is 0 Å². The van der Waals surface area contributed by atoms with Gasteiger partial charge in [-0.1, -0.05) is 0 Å². The smallest absolute Gasteiger partial charge is 0.407 e. The maximum Gasteiger partial charge on any atom is 0.407 e. The lowest BCUT2D eigenvalue weighted by atomic mass is 9.79. The number of nitrogens with zero attached hydrogens (tertiary/aromatic N) is 5. The summed E-state index contributed by atoms with van der Waals surface area (Å²) in [5.41, 5.74) is 2.97. The number of rotatable bonds is 11. The number of carbonyl (C=O) groups is 2. The molecule has 2 aliphatic rings. The Morgan fingerprint density at radius 3 is 2.42 bits per heavy atom. The van der Waals surface area contributed by atoms with Crippen molar-refractivity contribution in [2.45, 2.75) is 110 Å². The first-order valence-electron chi connectivity index (χ1n) is 17.4. The van der Waals surface area contributed by atoms with Gasteiger partial charge in [0.05, 0.1) is 24.6 Å². The molecule has 0 radical (unpaired) electrons. The summed E-state index contributed by atoms with van der Waals surface area (Å²) in [4.78, 5) is 38.1. The summed E-state index contributed by atoms with van der Waals surface area (Å²) in [5.74, 6) is 2.11. The molecule has 5 rings (SSSR count). The number of amides is 2. The van der Waals surface area contributed by atoms with Gasteiger partial charge in [0, 0.05) is 54.6 Å². The predicted molar refractivity (Wildman–Crippen MR) is 185 cm³/mol. The molecule has 2 N–H and O–H groups in total. The lowest BCUT2D eigenvalue weighted by Gasteiger charge is -2.35. The average molecular weight is 661 g/mol. The van der Waals surface area contributed by atoms with Gasteiger partial charge >= 0.3 is 6.09 Å². The number of anilines is 1. The van der Waals surface area contributed by atoms with Crippen LogP contribution in [0.5, 0.6) is 5.75 Å². The fourth-order valence-electron chi connectivity index (χ4n) is 6.85. The van der Waals surface area contributed by atoms with Crippen LogP contribution in [0.2, 0.25) is 0 Å². The van der Waals surface area contributed by atoms with Crippen LogP contribution in [0, 0.1) is 18.8 Å². The summed E-state index contributed by atoms with van der Waals surface area (Å²) >= 11 is 0. The van der Waals surface area contributed by atoms with E-state index in [1.165, 1.54) is 0 Å². The summed E-state index contributed by atoms with van der Waals surface area (Å²) in [5, 5.41) is 17.0. The van der Waals surface area contributed by atoms with Crippen molar-refractivity contribution in [3.05, 3.63) is 54.2 Å². The molecule has 3 aromatic heterocycles. The van der Waals surface area contributed by atoms with Crippen LogP contribution in [0.1, 0.15) is 102 Å². The molecule has 48 heavy (non-hydrogen) atoms. The van der Waals surface area contributed by atoms with Gasteiger partial charge in [-0.15, -0.1) is 0 Å². The molecule has 0 unspecified atom stereocenters. The fraction of sp³-hybridized carbons (Fsp3) is 0.595. The van der Waals surface area contributed by atoms with Crippen LogP contribution in [0.15, 0.2) is 42.9 Å². The van der Waals surface area contributed by atoms with Crippen molar-refractivity contribution in [3.63, 3.8) is 0 Å². The van der Waals surface area contributed by atoms with Crippen LogP contribution in [0.4, 0.5) is 10.6 Å². The molecule has 11 heteroatoms. The van der Waals surface area contributed by atoms with Crippen molar-refractivity contribution in [1.29, 1.82) is 0 Å². The van der Waals surface area contributed by atoms with Gasteiger partial charge in [-0.25, -0.2) is 9.78 Å². The Balaban J connectivity index is 1.28. The largest absolute Gasteiger partial charge is 0.495 e. The first-order chi connectivity index (χ1) is 22.9. The minimum atomic E-state index is -1.02. The topological polar surface area (TPSA) is 132 Å². The van der Waals surface area contributed by atoms with Crippen molar-refractivity contribution in [2.24, 2.45) is 11.8 Å². The molecule has 260 valence electrons. The lowest BCUT2D eigenvalue weighted by molar-refractivity contribution is -0.124. The van der Waals surface area contributed by atoms with Crippen LogP contribution in [-0.2, 0) is 9.53 Å². The van der Waals surface area contributed by atoms with E-state index in [1.54, 1.807) is 27.2 Å². The van der Waals surface area contributed by atoms with E-state index in [2.05, 4.69) is 30.3 Å². The number of pyridine rings is 2. The molecule has 11 nitrogen and oxygen atoms in total. The van der Waals surface area contributed by atoms with Crippen molar-refractivity contribution in [2.75, 3.05) is 25.1 Å². The summed E-state index contributed by atoms with van der Waals surface area (Å²) in [6.45, 7) is 10.1. The van der Waals surface area contributed by atoms with Gasteiger partial charge in [-0.3, -0.25) is 19.4 Å². The highest BCUT2D eigenvalue weighted by Crippen LogP contribution is 2.38. The van der Waals surface area contributed by atoms with Crippen LogP contribution >= 0.6 is 0 Å². The lowest BCUT2D eigenvalue weighted by Crippen LogP contribution is -2.43. The van der Waals surface area contributed by atoms with Crippen molar-refractivity contribution >= 4 is 17.8 Å². The van der Waals surface area contributed by atoms with E-state index < -0.39 is 11.7 Å². The molecule has 0 aromatic carbocycles. The number of hydrogen-bond acceptors (Lipinski definition) is 8. The van der Waals surface area contributed by atoms with Gasteiger partial charge in [-0.2, -0.15) is 5.10 Å². The minimum Gasteiger partial charge on any atom is -0.495 e. The van der Waals surface area contributed by atoms with Crippen molar-refractivity contribution in [3.8, 4) is 16.9 Å². The Morgan fingerprint density at radius 1 is 1.06 bits per heavy atom. The molecule has 2 fully saturated rings. The molecule has 0 spiro atoms. The number of carbonyl (C=O) groups excluding carboxylic acids is 2. The van der Waals surface area contributed by atoms with E-state index in [4.69, 9.17) is 19.4 Å². The quantitative estimate of drug-likeness (QED) is 0.235. The van der Waals surface area contributed by atoms with E-state index in [0.29, 0.717) is 49.9 Å². The molecule has 3 heterocycles. The minimum absolute atomic E-state index is 0.0806. The Labute approximate surface area is 284 Å². The van der Waals surface area contributed by atoms with E-state index in [9.17, 15) is 14.7 Å². The number of methoxy groups -OCH3 is 1. The van der Waals surface area contributed by atoms with Crippen LogP contribution in [-0.4, -0.2) is 68.8 Å². The van der Waals surface area contributed by atoms with Crippen molar-refractivity contribution < 1.29 is 24.2 Å². The SMILES string of the molecule is COc1ccc([C@H]2CC[C@H](CN(c3cc(-c4cnn(C(C)C)c4)ccn3)C(=O)[C@H]3CC[C@H](OC(=O)NCC(C)(C)O)CC3)CC2)nc1C. The molecular weight excluding hydrogens is 608 g/mol. The van der Waals surface area contributed by atoms with Gasteiger partial charge in [-0.05, 0) is 122 Å². The summed E-state index contributed by atoms with van der Waals surface area (Å²) in [6, 6.07) is 8.32. The number of aliphatic hydroxyl groups is 1.